The summed E-state index contributed by atoms with van der Waals surface area (Å²) in [5.74, 6) is 0.248. The molecular weight excluding hydrogens is 282 g/mol. The molecule has 2 nitrogen and oxygen atoms in total. The second kappa shape index (κ2) is 7.60. The number of benzene rings is 2. The Morgan fingerprint density at radius 1 is 0.905 bits per heavy atom. The molecule has 2 aromatic carbocycles. The van der Waals surface area contributed by atoms with Crippen LogP contribution >= 0.6 is 12.4 Å². The molecule has 0 aliphatic heterocycles. The smallest absolute Gasteiger partial charge is 0.119 e. The fraction of sp³-hybridized carbons (Fsp3) is 0.333. The van der Waals surface area contributed by atoms with Crippen LogP contribution in [0.15, 0.2) is 60.7 Å². The van der Waals surface area contributed by atoms with Crippen LogP contribution in [0.5, 0.6) is 0 Å². The van der Waals surface area contributed by atoms with Gasteiger partial charge in [-0.1, -0.05) is 74.5 Å². The fourth-order valence-corrected chi connectivity index (χ4v) is 2.90. The molecule has 0 aromatic heterocycles. The molecule has 3 N–H and O–H groups in total. The first kappa shape index (κ1) is 17.7. The minimum absolute atomic E-state index is 0. The first-order valence-corrected chi connectivity index (χ1v) is 7.14. The number of halogens is 1. The van der Waals surface area contributed by atoms with Crippen molar-refractivity contribution >= 4 is 12.4 Å². The van der Waals surface area contributed by atoms with Crippen molar-refractivity contribution in [2.24, 2.45) is 17.6 Å². The largest absolute Gasteiger partial charge is 0.380 e. The Kier molecular flexibility index (Phi) is 6.41. The second-order valence-corrected chi connectivity index (χ2v) is 5.58. The van der Waals surface area contributed by atoms with Crippen LogP contribution in [0.3, 0.4) is 0 Å². The Bertz CT molecular complexity index is 488. The monoisotopic (exact) mass is 305 g/mol. The lowest BCUT2D eigenvalue weighted by molar-refractivity contribution is -0.000757. The molecule has 21 heavy (non-hydrogen) atoms. The molecule has 0 aliphatic carbocycles. The van der Waals surface area contributed by atoms with Crippen LogP contribution in [0.4, 0.5) is 0 Å². The predicted octanol–water partition coefficient (Wildman–Crippen LogP) is 3.58. The molecule has 2 aromatic rings. The van der Waals surface area contributed by atoms with E-state index in [0.29, 0.717) is 6.54 Å². The quantitative estimate of drug-likeness (QED) is 0.887. The Morgan fingerprint density at radius 3 is 1.57 bits per heavy atom. The molecule has 0 heterocycles. The molecule has 1 unspecified atom stereocenters. The highest BCUT2D eigenvalue weighted by molar-refractivity contribution is 5.85. The van der Waals surface area contributed by atoms with Crippen LogP contribution in [0, 0.1) is 11.8 Å². The first-order chi connectivity index (χ1) is 9.60. The van der Waals surface area contributed by atoms with Gasteiger partial charge in [0.05, 0.1) is 0 Å². The van der Waals surface area contributed by atoms with Crippen molar-refractivity contribution < 1.29 is 5.11 Å². The van der Waals surface area contributed by atoms with E-state index in [1.807, 2.05) is 60.7 Å². The SMILES string of the molecule is CC(C)C(CN)C(O)(c1ccccc1)c1ccccc1.Cl. The molecule has 3 heteroatoms. The van der Waals surface area contributed by atoms with Crippen molar-refractivity contribution in [3.05, 3.63) is 71.8 Å². The van der Waals surface area contributed by atoms with Crippen molar-refractivity contribution in [2.45, 2.75) is 19.4 Å². The van der Waals surface area contributed by atoms with E-state index in [9.17, 15) is 5.11 Å². The summed E-state index contributed by atoms with van der Waals surface area (Å²) in [7, 11) is 0. The van der Waals surface area contributed by atoms with Gasteiger partial charge >= 0.3 is 0 Å². The fourth-order valence-electron chi connectivity index (χ4n) is 2.90. The van der Waals surface area contributed by atoms with Crippen LogP contribution in [0.1, 0.15) is 25.0 Å². The minimum atomic E-state index is -1.05. The summed E-state index contributed by atoms with van der Waals surface area (Å²) in [5.41, 5.74) is 6.72. The van der Waals surface area contributed by atoms with Gasteiger partial charge in [0.2, 0.25) is 0 Å². The van der Waals surface area contributed by atoms with Gasteiger partial charge in [-0.3, -0.25) is 0 Å². The Balaban J connectivity index is 0.00000220. The molecule has 0 saturated heterocycles. The topological polar surface area (TPSA) is 46.2 Å². The van der Waals surface area contributed by atoms with Crippen molar-refractivity contribution in [1.82, 2.24) is 0 Å². The van der Waals surface area contributed by atoms with E-state index < -0.39 is 5.60 Å². The van der Waals surface area contributed by atoms with Crippen molar-refractivity contribution in [2.75, 3.05) is 6.54 Å². The van der Waals surface area contributed by atoms with Crippen LogP contribution in [-0.2, 0) is 5.60 Å². The summed E-state index contributed by atoms with van der Waals surface area (Å²) in [6, 6.07) is 19.6. The summed E-state index contributed by atoms with van der Waals surface area (Å²) in [6.07, 6.45) is 0. The van der Waals surface area contributed by atoms with Crippen LogP contribution in [0.2, 0.25) is 0 Å². The first-order valence-electron chi connectivity index (χ1n) is 7.14. The van der Waals surface area contributed by atoms with Crippen molar-refractivity contribution in [3.8, 4) is 0 Å². The molecule has 0 fully saturated rings. The Morgan fingerprint density at radius 2 is 1.29 bits per heavy atom. The van der Waals surface area contributed by atoms with E-state index in [2.05, 4.69) is 13.8 Å². The molecule has 0 amide bonds. The molecule has 0 radical (unpaired) electrons. The van der Waals surface area contributed by atoms with Gasteiger partial charge in [-0.2, -0.15) is 0 Å². The lowest BCUT2D eigenvalue weighted by Gasteiger charge is -2.39. The highest BCUT2D eigenvalue weighted by Crippen LogP contribution is 2.39. The predicted molar refractivity (Wildman–Crippen MR) is 90.5 cm³/mol. The lowest BCUT2D eigenvalue weighted by atomic mass is 9.71. The Labute approximate surface area is 133 Å². The van der Waals surface area contributed by atoms with E-state index >= 15 is 0 Å². The number of hydrogen-bond donors (Lipinski definition) is 2. The highest BCUT2D eigenvalue weighted by Gasteiger charge is 2.40. The van der Waals surface area contributed by atoms with Gasteiger partial charge in [0.15, 0.2) is 0 Å². The molecular formula is C18H24ClNO. The van der Waals surface area contributed by atoms with Crippen molar-refractivity contribution in [1.29, 1.82) is 0 Å². The highest BCUT2D eigenvalue weighted by atomic mass is 35.5. The van der Waals surface area contributed by atoms with E-state index in [1.165, 1.54) is 0 Å². The third-order valence-electron chi connectivity index (χ3n) is 4.02. The zero-order chi connectivity index (χ0) is 14.6. The van der Waals surface area contributed by atoms with E-state index in [1.54, 1.807) is 0 Å². The normalized spacial score (nSPS) is 12.8. The zero-order valence-corrected chi connectivity index (χ0v) is 13.4. The van der Waals surface area contributed by atoms with Gasteiger partial charge in [0.1, 0.15) is 5.60 Å². The zero-order valence-electron chi connectivity index (χ0n) is 12.6. The summed E-state index contributed by atoms with van der Waals surface area (Å²) in [5, 5.41) is 11.5. The second-order valence-electron chi connectivity index (χ2n) is 5.58. The third kappa shape index (κ3) is 3.46. The van der Waals surface area contributed by atoms with Crippen LogP contribution in [0.25, 0.3) is 0 Å². The Hall–Kier alpha value is -1.35. The van der Waals surface area contributed by atoms with Gasteiger partial charge in [-0.15, -0.1) is 12.4 Å². The van der Waals surface area contributed by atoms with E-state index in [0.717, 1.165) is 11.1 Å². The maximum atomic E-state index is 11.5. The average molecular weight is 306 g/mol. The summed E-state index contributed by atoms with van der Waals surface area (Å²) < 4.78 is 0. The third-order valence-corrected chi connectivity index (χ3v) is 4.02. The minimum Gasteiger partial charge on any atom is -0.380 e. The summed E-state index contributed by atoms with van der Waals surface area (Å²) in [6.45, 7) is 4.65. The molecule has 0 bridgehead atoms. The van der Waals surface area contributed by atoms with Gasteiger partial charge in [-0.25, -0.2) is 0 Å². The molecule has 0 spiro atoms. The summed E-state index contributed by atoms with van der Waals surface area (Å²) in [4.78, 5) is 0. The number of aliphatic hydroxyl groups is 1. The average Bonchev–Trinajstić information content (AvgIpc) is 2.49. The number of hydrogen-bond acceptors (Lipinski definition) is 2. The van der Waals surface area contributed by atoms with Crippen LogP contribution in [-0.4, -0.2) is 11.7 Å². The summed E-state index contributed by atoms with van der Waals surface area (Å²) >= 11 is 0. The van der Waals surface area contributed by atoms with Gasteiger partial charge in [0.25, 0.3) is 0 Å². The number of rotatable bonds is 5. The molecule has 114 valence electrons. The lowest BCUT2D eigenvalue weighted by Crippen LogP contribution is -2.43. The standard InChI is InChI=1S/C18H23NO.ClH/c1-14(2)17(13-19)18(20,15-9-5-3-6-10-15)16-11-7-4-8-12-16;/h3-12,14,17,20H,13,19H2,1-2H3;1H. The van der Waals surface area contributed by atoms with Crippen LogP contribution < -0.4 is 5.73 Å². The number of nitrogens with two attached hydrogens (primary N) is 1. The molecule has 0 saturated carbocycles. The maximum Gasteiger partial charge on any atom is 0.119 e. The molecule has 0 aliphatic rings. The maximum absolute atomic E-state index is 11.5. The van der Waals surface area contributed by atoms with E-state index in [4.69, 9.17) is 5.73 Å². The van der Waals surface area contributed by atoms with Gasteiger partial charge in [0, 0.05) is 5.92 Å². The van der Waals surface area contributed by atoms with Crippen molar-refractivity contribution in [3.63, 3.8) is 0 Å². The molecule has 2 rings (SSSR count). The van der Waals surface area contributed by atoms with Gasteiger partial charge in [-0.05, 0) is 23.6 Å². The van der Waals surface area contributed by atoms with E-state index in [-0.39, 0.29) is 24.2 Å². The molecule has 1 atom stereocenters. The van der Waals surface area contributed by atoms with Gasteiger partial charge < -0.3 is 10.8 Å².